The average Bonchev–Trinajstić information content (AvgIpc) is 2.92. The van der Waals surface area contributed by atoms with Crippen LogP contribution < -0.4 is 9.88 Å². The Labute approximate surface area is 120 Å². The average molecular weight is 272 g/mol. The number of nitrogens with zero attached hydrogens (tertiary/aromatic N) is 2. The summed E-state index contributed by atoms with van der Waals surface area (Å²) in [6.45, 7) is 5.33. The lowest BCUT2D eigenvalue weighted by molar-refractivity contribution is -0.687. The van der Waals surface area contributed by atoms with Crippen LogP contribution in [0, 0.1) is 5.92 Å². The van der Waals surface area contributed by atoms with Crippen LogP contribution in [-0.4, -0.2) is 10.5 Å². The van der Waals surface area contributed by atoms with Crippen LogP contribution in [0.2, 0.25) is 0 Å². The molecule has 1 aromatic carbocycles. The van der Waals surface area contributed by atoms with Gasteiger partial charge in [0.2, 0.25) is 12.2 Å². The van der Waals surface area contributed by atoms with E-state index >= 15 is 0 Å². The summed E-state index contributed by atoms with van der Waals surface area (Å²) in [5, 5.41) is 2.94. The molecule has 1 heterocycles. The van der Waals surface area contributed by atoms with Gasteiger partial charge in [-0.05, 0) is 12.0 Å². The molecule has 0 aliphatic carbocycles. The summed E-state index contributed by atoms with van der Waals surface area (Å²) in [6.07, 6.45) is 6.86. The van der Waals surface area contributed by atoms with Gasteiger partial charge in [0.05, 0.1) is 0 Å². The van der Waals surface area contributed by atoms with Crippen LogP contribution in [0.25, 0.3) is 0 Å². The van der Waals surface area contributed by atoms with Gasteiger partial charge in [-0.1, -0.05) is 44.2 Å². The minimum atomic E-state index is 0.0713. The molecule has 0 saturated carbocycles. The fourth-order valence-electron chi connectivity index (χ4n) is 1.95. The second-order valence-electron chi connectivity index (χ2n) is 5.09. The van der Waals surface area contributed by atoms with E-state index in [9.17, 15) is 4.79 Å². The van der Waals surface area contributed by atoms with E-state index in [1.807, 2.05) is 55.3 Å². The molecule has 1 N–H and O–H groups in total. The number of carbonyl (C=O) groups excluding carboxylic acids is 1. The van der Waals surface area contributed by atoms with Gasteiger partial charge in [0.1, 0.15) is 18.9 Å². The summed E-state index contributed by atoms with van der Waals surface area (Å²) >= 11 is 0. The Morgan fingerprint density at radius 1 is 1.35 bits per heavy atom. The molecule has 1 unspecified atom stereocenters. The molecule has 0 bridgehead atoms. The Hall–Kier alpha value is -2.10. The largest absolute Gasteiger partial charge is 0.320 e. The van der Waals surface area contributed by atoms with Crippen molar-refractivity contribution in [2.45, 2.75) is 33.5 Å². The first kappa shape index (κ1) is 14.3. The van der Waals surface area contributed by atoms with Gasteiger partial charge in [0, 0.05) is 5.92 Å². The maximum atomic E-state index is 11.7. The van der Waals surface area contributed by atoms with Gasteiger partial charge in [-0.15, -0.1) is 0 Å². The lowest BCUT2D eigenvalue weighted by Gasteiger charge is -2.07. The van der Waals surface area contributed by atoms with Crippen molar-refractivity contribution < 1.29 is 9.36 Å². The topological polar surface area (TPSA) is 37.9 Å². The number of hydrogen-bond donors (Lipinski definition) is 1. The van der Waals surface area contributed by atoms with Crippen LogP contribution >= 0.6 is 0 Å². The standard InChI is InChI=1S/C16H21N3O/c1-3-14(2)16(20)17-12-19-10-9-18(13-19)11-15-7-5-4-6-8-15/h4-10,13-14H,3,11-12H2,1-2H3/p+1. The van der Waals surface area contributed by atoms with Gasteiger partial charge in [-0.3, -0.25) is 4.79 Å². The first-order valence-corrected chi connectivity index (χ1v) is 7.05. The monoisotopic (exact) mass is 272 g/mol. The number of nitrogens with one attached hydrogen (secondary N) is 1. The van der Waals surface area contributed by atoms with Crippen LogP contribution in [0.4, 0.5) is 0 Å². The summed E-state index contributed by atoms with van der Waals surface area (Å²) in [4.78, 5) is 11.7. The Bertz CT molecular complexity index is 548. The van der Waals surface area contributed by atoms with Crippen LogP contribution in [0.15, 0.2) is 49.1 Å². The third-order valence-corrected chi connectivity index (χ3v) is 3.45. The van der Waals surface area contributed by atoms with Gasteiger partial charge in [-0.25, -0.2) is 9.13 Å². The van der Waals surface area contributed by atoms with Crippen molar-refractivity contribution in [2.24, 2.45) is 5.92 Å². The molecular weight excluding hydrogens is 250 g/mol. The van der Waals surface area contributed by atoms with E-state index in [1.54, 1.807) is 0 Å². The zero-order chi connectivity index (χ0) is 14.4. The molecule has 0 aliphatic rings. The second kappa shape index (κ2) is 6.89. The minimum absolute atomic E-state index is 0.0713. The highest BCUT2D eigenvalue weighted by Crippen LogP contribution is 2.00. The predicted molar refractivity (Wildman–Crippen MR) is 77.8 cm³/mol. The van der Waals surface area contributed by atoms with E-state index in [0.29, 0.717) is 6.67 Å². The van der Waals surface area contributed by atoms with Crippen LogP contribution in [0.5, 0.6) is 0 Å². The first-order chi connectivity index (χ1) is 9.69. The third-order valence-electron chi connectivity index (χ3n) is 3.45. The van der Waals surface area contributed by atoms with Crippen LogP contribution in [0.3, 0.4) is 0 Å². The predicted octanol–water partition coefficient (Wildman–Crippen LogP) is 1.94. The summed E-state index contributed by atoms with van der Waals surface area (Å²) in [5.41, 5.74) is 1.26. The quantitative estimate of drug-likeness (QED) is 0.802. The maximum absolute atomic E-state index is 11.7. The molecule has 2 aromatic rings. The van der Waals surface area contributed by atoms with Crippen molar-refractivity contribution in [2.75, 3.05) is 0 Å². The zero-order valence-corrected chi connectivity index (χ0v) is 12.1. The van der Waals surface area contributed by atoms with Crippen molar-refractivity contribution in [3.63, 3.8) is 0 Å². The molecular formula is C16H22N3O+. The lowest BCUT2D eigenvalue weighted by atomic mass is 10.1. The first-order valence-electron chi connectivity index (χ1n) is 7.05. The minimum Gasteiger partial charge on any atom is -0.320 e. The molecule has 4 nitrogen and oxygen atoms in total. The number of hydrogen-bond acceptors (Lipinski definition) is 1. The number of aromatic nitrogens is 2. The molecule has 0 radical (unpaired) electrons. The molecule has 106 valence electrons. The molecule has 20 heavy (non-hydrogen) atoms. The van der Waals surface area contributed by atoms with Crippen molar-refractivity contribution in [1.82, 2.24) is 9.88 Å². The molecule has 1 aromatic heterocycles. The lowest BCUT2D eigenvalue weighted by Crippen LogP contribution is -2.33. The van der Waals surface area contributed by atoms with E-state index in [1.165, 1.54) is 5.56 Å². The van der Waals surface area contributed by atoms with E-state index in [-0.39, 0.29) is 11.8 Å². The summed E-state index contributed by atoms with van der Waals surface area (Å²) < 4.78 is 4.08. The highest BCUT2D eigenvalue weighted by Gasteiger charge is 2.11. The van der Waals surface area contributed by atoms with E-state index in [0.717, 1.165) is 13.0 Å². The van der Waals surface area contributed by atoms with Crippen LogP contribution in [-0.2, 0) is 18.0 Å². The summed E-state index contributed by atoms with van der Waals surface area (Å²) in [5.74, 6) is 0.179. The SMILES string of the molecule is CCC(C)C(=O)NCn1cc[n+](Cc2ccccc2)c1. The summed E-state index contributed by atoms with van der Waals surface area (Å²) in [6, 6.07) is 10.3. The number of benzene rings is 1. The van der Waals surface area contributed by atoms with Crippen LogP contribution in [0.1, 0.15) is 25.8 Å². The van der Waals surface area contributed by atoms with Crippen molar-refractivity contribution in [3.8, 4) is 0 Å². The molecule has 0 fully saturated rings. The molecule has 1 amide bonds. The zero-order valence-electron chi connectivity index (χ0n) is 12.1. The number of rotatable bonds is 6. The van der Waals surface area contributed by atoms with Crippen molar-refractivity contribution in [1.29, 1.82) is 0 Å². The second-order valence-corrected chi connectivity index (χ2v) is 5.09. The molecule has 0 aliphatic heterocycles. The normalized spacial score (nSPS) is 12.1. The Morgan fingerprint density at radius 3 is 2.80 bits per heavy atom. The fourth-order valence-corrected chi connectivity index (χ4v) is 1.95. The van der Waals surface area contributed by atoms with Gasteiger partial charge in [-0.2, -0.15) is 0 Å². The third kappa shape index (κ3) is 3.95. The number of amides is 1. The highest BCUT2D eigenvalue weighted by atomic mass is 16.1. The van der Waals surface area contributed by atoms with Gasteiger partial charge in [0.25, 0.3) is 0 Å². The van der Waals surface area contributed by atoms with E-state index in [4.69, 9.17) is 0 Å². The van der Waals surface area contributed by atoms with Gasteiger partial charge >= 0.3 is 0 Å². The number of imidazole rings is 1. The van der Waals surface area contributed by atoms with E-state index < -0.39 is 0 Å². The smallest absolute Gasteiger partial charge is 0.245 e. The maximum Gasteiger partial charge on any atom is 0.245 e. The molecule has 0 saturated heterocycles. The molecule has 4 heteroatoms. The highest BCUT2D eigenvalue weighted by molar-refractivity contribution is 5.77. The van der Waals surface area contributed by atoms with E-state index in [2.05, 4.69) is 22.0 Å². The molecule has 0 spiro atoms. The Kier molecular flexibility index (Phi) is 4.93. The van der Waals surface area contributed by atoms with Crippen molar-refractivity contribution in [3.05, 3.63) is 54.6 Å². The van der Waals surface area contributed by atoms with Gasteiger partial charge in [0.15, 0.2) is 6.67 Å². The molecule has 1 atom stereocenters. The fraction of sp³-hybridized carbons (Fsp3) is 0.375. The van der Waals surface area contributed by atoms with Gasteiger partial charge < -0.3 is 5.32 Å². The number of carbonyl (C=O) groups is 1. The Morgan fingerprint density at radius 2 is 2.10 bits per heavy atom. The Balaban J connectivity index is 1.88. The molecule has 2 rings (SSSR count). The van der Waals surface area contributed by atoms with Crippen molar-refractivity contribution >= 4 is 5.91 Å². The summed E-state index contributed by atoms with van der Waals surface area (Å²) in [7, 11) is 0.